The van der Waals surface area contributed by atoms with Crippen molar-refractivity contribution < 1.29 is 18.0 Å². The smallest absolute Gasteiger partial charge is 0.243 e. The molecule has 3 rings (SSSR count). The van der Waals surface area contributed by atoms with Crippen molar-refractivity contribution in [3.8, 4) is 0 Å². The third-order valence-electron chi connectivity index (χ3n) is 6.55. The average molecular weight is 464 g/mol. The highest BCUT2D eigenvalue weighted by molar-refractivity contribution is 7.89. The monoisotopic (exact) mass is 463 g/mol. The summed E-state index contributed by atoms with van der Waals surface area (Å²) in [7, 11) is -3.53. The summed E-state index contributed by atoms with van der Waals surface area (Å²) in [5, 5.41) is 0. The molecule has 8 heteroatoms. The number of aryl methyl sites for hydroxylation is 1. The summed E-state index contributed by atoms with van der Waals surface area (Å²) in [6.45, 7) is 12.1. The molecule has 2 aliphatic heterocycles. The maximum absolute atomic E-state index is 13.4. The normalized spacial score (nSPS) is 18.1. The summed E-state index contributed by atoms with van der Waals surface area (Å²) < 4.78 is 27.3. The number of fused-ring (bicyclic) bond motifs is 1. The third kappa shape index (κ3) is 4.86. The molecule has 0 aromatic heterocycles. The van der Waals surface area contributed by atoms with Crippen LogP contribution in [-0.2, 0) is 26.0 Å². The highest BCUT2D eigenvalue weighted by Gasteiger charge is 2.35. The molecule has 0 bridgehead atoms. The molecule has 0 atom stereocenters. The minimum atomic E-state index is -3.53. The SMILES string of the molecule is CCN(CC)S(=O)(=O)c1ccc2c(c1)CCCN2C(=O)C1CCN(C(=O)C(C)(C)C)CC1. The molecule has 1 saturated heterocycles. The van der Waals surface area contributed by atoms with E-state index in [1.54, 1.807) is 18.2 Å². The Morgan fingerprint density at radius 1 is 1.06 bits per heavy atom. The molecular formula is C24H37N3O4S. The van der Waals surface area contributed by atoms with E-state index >= 15 is 0 Å². The van der Waals surface area contributed by atoms with Crippen molar-refractivity contribution >= 4 is 27.5 Å². The Labute approximate surface area is 192 Å². The number of carbonyl (C=O) groups excluding carboxylic acids is 2. The second-order valence-corrected chi connectivity index (χ2v) is 11.7. The van der Waals surface area contributed by atoms with Gasteiger partial charge in [-0.2, -0.15) is 4.31 Å². The predicted molar refractivity (Wildman–Crippen MR) is 126 cm³/mol. The highest BCUT2D eigenvalue weighted by atomic mass is 32.2. The number of sulfonamides is 1. The van der Waals surface area contributed by atoms with Crippen molar-refractivity contribution in [2.45, 2.75) is 65.2 Å². The Morgan fingerprint density at radius 2 is 1.69 bits per heavy atom. The van der Waals surface area contributed by atoms with Gasteiger partial charge in [0.1, 0.15) is 0 Å². The first kappa shape index (κ1) is 24.7. The fraction of sp³-hybridized carbons (Fsp3) is 0.667. The lowest BCUT2D eigenvalue weighted by Crippen LogP contribution is -2.48. The molecule has 0 spiro atoms. The molecule has 0 saturated carbocycles. The maximum Gasteiger partial charge on any atom is 0.243 e. The van der Waals surface area contributed by atoms with Gasteiger partial charge in [0, 0.05) is 49.7 Å². The predicted octanol–water partition coefficient (Wildman–Crippen LogP) is 3.28. The number of benzene rings is 1. The molecule has 7 nitrogen and oxygen atoms in total. The number of piperidine rings is 1. The van der Waals surface area contributed by atoms with Crippen molar-refractivity contribution in [3.63, 3.8) is 0 Å². The number of hydrogen-bond donors (Lipinski definition) is 0. The lowest BCUT2D eigenvalue weighted by molar-refractivity contribution is -0.142. The van der Waals surface area contributed by atoms with Gasteiger partial charge in [-0.05, 0) is 49.4 Å². The Morgan fingerprint density at radius 3 is 2.25 bits per heavy atom. The van der Waals surface area contributed by atoms with Crippen LogP contribution in [0.2, 0.25) is 0 Å². The van der Waals surface area contributed by atoms with Crippen LogP contribution in [0.1, 0.15) is 59.4 Å². The van der Waals surface area contributed by atoms with Crippen LogP contribution in [0.25, 0.3) is 0 Å². The second-order valence-electron chi connectivity index (χ2n) is 9.79. The lowest BCUT2D eigenvalue weighted by atomic mass is 9.90. The van der Waals surface area contributed by atoms with E-state index in [0.29, 0.717) is 50.5 Å². The van der Waals surface area contributed by atoms with Gasteiger partial charge in [0.05, 0.1) is 4.90 Å². The Kier molecular flexibility index (Phi) is 7.34. The Hall–Kier alpha value is -1.93. The van der Waals surface area contributed by atoms with Crippen molar-refractivity contribution in [1.82, 2.24) is 9.21 Å². The van der Waals surface area contributed by atoms with E-state index in [1.807, 2.05) is 44.4 Å². The fourth-order valence-electron chi connectivity index (χ4n) is 4.70. The van der Waals surface area contributed by atoms with E-state index in [-0.39, 0.29) is 17.7 Å². The largest absolute Gasteiger partial charge is 0.342 e. The minimum Gasteiger partial charge on any atom is -0.342 e. The van der Waals surface area contributed by atoms with Crippen LogP contribution in [0.15, 0.2) is 23.1 Å². The van der Waals surface area contributed by atoms with Gasteiger partial charge in [0.2, 0.25) is 21.8 Å². The zero-order valence-electron chi connectivity index (χ0n) is 20.1. The summed E-state index contributed by atoms with van der Waals surface area (Å²) in [6.07, 6.45) is 2.91. The number of likely N-dealkylation sites (tertiary alicyclic amines) is 1. The molecule has 1 aromatic carbocycles. The van der Waals surface area contributed by atoms with Gasteiger partial charge in [-0.15, -0.1) is 0 Å². The van der Waals surface area contributed by atoms with E-state index in [2.05, 4.69) is 0 Å². The molecule has 0 aliphatic carbocycles. The summed E-state index contributed by atoms with van der Waals surface area (Å²) in [5.41, 5.74) is 1.33. The van der Waals surface area contributed by atoms with Crippen LogP contribution in [0, 0.1) is 11.3 Å². The molecule has 2 amide bonds. The summed E-state index contributed by atoms with van der Waals surface area (Å²) in [4.78, 5) is 29.9. The lowest BCUT2D eigenvalue weighted by Gasteiger charge is -2.38. The summed E-state index contributed by atoms with van der Waals surface area (Å²) in [6, 6.07) is 5.16. The molecule has 1 aromatic rings. The fourth-order valence-corrected chi connectivity index (χ4v) is 6.21. The third-order valence-corrected chi connectivity index (χ3v) is 8.60. The summed E-state index contributed by atoms with van der Waals surface area (Å²) >= 11 is 0. The van der Waals surface area contributed by atoms with Gasteiger partial charge in [-0.25, -0.2) is 8.42 Å². The van der Waals surface area contributed by atoms with Crippen LogP contribution in [-0.4, -0.2) is 62.2 Å². The van der Waals surface area contributed by atoms with E-state index in [0.717, 1.165) is 24.1 Å². The van der Waals surface area contributed by atoms with Gasteiger partial charge in [0.15, 0.2) is 0 Å². The number of carbonyl (C=O) groups is 2. The number of rotatable bonds is 5. The van der Waals surface area contributed by atoms with Gasteiger partial charge >= 0.3 is 0 Å². The quantitative estimate of drug-likeness (QED) is 0.671. The zero-order valence-corrected chi connectivity index (χ0v) is 20.9. The molecule has 2 aliphatic rings. The van der Waals surface area contributed by atoms with Gasteiger partial charge < -0.3 is 9.80 Å². The number of amides is 2. The second kappa shape index (κ2) is 9.51. The summed E-state index contributed by atoms with van der Waals surface area (Å²) in [5.74, 6) is 0.117. The van der Waals surface area contributed by atoms with Gasteiger partial charge in [0.25, 0.3) is 0 Å². The molecule has 0 unspecified atom stereocenters. The van der Waals surface area contributed by atoms with Gasteiger partial charge in [-0.1, -0.05) is 34.6 Å². The maximum atomic E-state index is 13.4. The van der Waals surface area contributed by atoms with Crippen molar-refractivity contribution in [2.24, 2.45) is 11.3 Å². The molecule has 32 heavy (non-hydrogen) atoms. The molecule has 0 radical (unpaired) electrons. The molecule has 1 fully saturated rings. The van der Waals surface area contributed by atoms with Crippen LogP contribution in [0.3, 0.4) is 0 Å². The zero-order chi connectivity index (χ0) is 23.7. The highest BCUT2D eigenvalue weighted by Crippen LogP contribution is 2.33. The topological polar surface area (TPSA) is 78.0 Å². The number of nitrogens with zero attached hydrogens (tertiary/aromatic N) is 3. The van der Waals surface area contributed by atoms with E-state index in [4.69, 9.17) is 0 Å². The Bertz CT molecular complexity index is 956. The van der Waals surface area contributed by atoms with E-state index < -0.39 is 15.4 Å². The number of anilines is 1. The minimum absolute atomic E-state index is 0.0909. The average Bonchev–Trinajstić information content (AvgIpc) is 2.77. The van der Waals surface area contributed by atoms with Crippen LogP contribution >= 0.6 is 0 Å². The van der Waals surface area contributed by atoms with Crippen LogP contribution in [0.5, 0.6) is 0 Å². The molecular weight excluding hydrogens is 426 g/mol. The first-order valence-corrected chi connectivity index (χ1v) is 13.2. The van der Waals surface area contributed by atoms with Crippen molar-refractivity contribution in [2.75, 3.05) is 37.6 Å². The van der Waals surface area contributed by atoms with Crippen LogP contribution < -0.4 is 4.90 Å². The van der Waals surface area contributed by atoms with Crippen LogP contribution in [0.4, 0.5) is 5.69 Å². The standard InChI is InChI=1S/C24H37N3O4S/c1-6-26(7-2)32(30,31)20-10-11-21-19(17-20)9-8-14-27(21)22(28)18-12-15-25(16-13-18)23(29)24(3,4)5/h10-11,17-18H,6-9,12-16H2,1-5H3. The van der Waals surface area contributed by atoms with E-state index in [9.17, 15) is 18.0 Å². The van der Waals surface area contributed by atoms with Gasteiger partial charge in [-0.3, -0.25) is 9.59 Å². The Balaban J connectivity index is 1.76. The molecule has 2 heterocycles. The first-order chi connectivity index (χ1) is 15.0. The molecule has 178 valence electrons. The molecule has 0 N–H and O–H groups in total. The van der Waals surface area contributed by atoms with Crippen molar-refractivity contribution in [3.05, 3.63) is 23.8 Å². The first-order valence-electron chi connectivity index (χ1n) is 11.7. The van der Waals surface area contributed by atoms with E-state index in [1.165, 1.54) is 4.31 Å². The van der Waals surface area contributed by atoms with Crippen molar-refractivity contribution in [1.29, 1.82) is 0 Å². The number of hydrogen-bond acceptors (Lipinski definition) is 4.